The molecule has 0 aliphatic heterocycles. The molecule has 1 aromatic heterocycles. The summed E-state index contributed by atoms with van der Waals surface area (Å²) in [6.07, 6.45) is 6.19. The molecule has 0 spiro atoms. The van der Waals surface area contributed by atoms with Gasteiger partial charge in [0.2, 0.25) is 5.91 Å². The predicted molar refractivity (Wildman–Crippen MR) is 106 cm³/mol. The largest absolute Gasteiger partial charge is 0.324 e. The fourth-order valence-corrected chi connectivity index (χ4v) is 3.34. The summed E-state index contributed by atoms with van der Waals surface area (Å²) in [5.74, 6) is -0.327. The summed E-state index contributed by atoms with van der Waals surface area (Å²) in [7, 11) is 0. The van der Waals surface area contributed by atoms with Crippen LogP contribution in [0.15, 0.2) is 55.1 Å². The van der Waals surface area contributed by atoms with Crippen LogP contribution in [0.5, 0.6) is 0 Å². The van der Waals surface area contributed by atoms with Crippen LogP contribution in [-0.2, 0) is 17.6 Å². The minimum Gasteiger partial charge on any atom is -0.324 e. The molecule has 2 N–H and O–H groups in total. The van der Waals surface area contributed by atoms with Crippen molar-refractivity contribution < 1.29 is 9.59 Å². The van der Waals surface area contributed by atoms with Gasteiger partial charge in [0.1, 0.15) is 18.7 Å². The number of carbonyl (C=O) groups excluding carboxylic acids is 2. The van der Waals surface area contributed by atoms with Crippen molar-refractivity contribution in [3.63, 3.8) is 0 Å². The van der Waals surface area contributed by atoms with E-state index >= 15 is 0 Å². The van der Waals surface area contributed by atoms with Gasteiger partial charge in [0.15, 0.2) is 0 Å². The summed E-state index contributed by atoms with van der Waals surface area (Å²) in [6, 6.07) is 12.5. The van der Waals surface area contributed by atoms with Gasteiger partial charge in [-0.2, -0.15) is 5.10 Å². The number of anilines is 2. The standard InChI is InChI=1S/C21H21N5O2/c1-14(26-13-22-12-23-26)20(27)24-18-7-9-19(10-8-18)25-21(28)17-6-5-15-3-2-4-16(15)11-17/h5-14H,2-4H2,1H3,(H,24,27)(H,25,28)/t14-/m1/s1. The molecule has 2 amide bonds. The second kappa shape index (κ2) is 7.64. The van der Waals surface area contributed by atoms with E-state index in [0.717, 1.165) is 19.3 Å². The van der Waals surface area contributed by atoms with Crippen molar-refractivity contribution in [2.24, 2.45) is 0 Å². The zero-order chi connectivity index (χ0) is 19.5. The minimum atomic E-state index is -0.471. The lowest BCUT2D eigenvalue weighted by Crippen LogP contribution is -2.24. The van der Waals surface area contributed by atoms with Crippen LogP contribution in [0.4, 0.5) is 11.4 Å². The van der Waals surface area contributed by atoms with Gasteiger partial charge in [-0.1, -0.05) is 6.07 Å². The van der Waals surface area contributed by atoms with Crippen molar-refractivity contribution in [2.45, 2.75) is 32.2 Å². The minimum absolute atomic E-state index is 0.133. The summed E-state index contributed by atoms with van der Waals surface area (Å²) in [5.41, 5.74) is 4.60. The molecule has 2 aromatic carbocycles. The van der Waals surface area contributed by atoms with E-state index in [1.165, 1.54) is 28.5 Å². The maximum atomic E-state index is 12.5. The molecule has 7 heteroatoms. The molecule has 142 valence electrons. The van der Waals surface area contributed by atoms with Gasteiger partial charge in [0.25, 0.3) is 5.91 Å². The van der Waals surface area contributed by atoms with E-state index in [9.17, 15) is 9.59 Å². The molecule has 0 fully saturated rings. The van der Waals surface area contributed by atoms with Crippen molar-refractivity contribution in [3.8, 4) is 0 Å². The van der Waals surface area contributed by atoms with Gasteiger partial charge in [-0.25, -0.2) is 9.67 Å². The van der Waals surface area contributed by atoms with Gasteiger partial charge in [-0.05, 0) is 73.7 Å². The van der Waals surface area contributed by atoms with Crippen LogP contribution in [0.1, 0.15) is 40.9 Å². The lowest BCUT2D eigenvalue weighted by molar-refractivity contribution is -0.119. The van der Waals surface area contributed by atoms with Crippen molar-refractivity contribution in [1.82, 2.24) is 14.8 Å². The number of hydrogen-bond donors (Lipinski definition) is 2. The fourth-order valence-electron chi connectivity index (χ4n) is 3.34. The maximum Gasteiger partial charge on any atom is 0.255 e. The van der Waals surface area contributed by atoms with Crippen molar-refractivity contribution >= 4 is 23.2 Å². The first-order valence-electron chi connectivity index (χ1n) is 9.28. The van der Waals surface area contributed by atoms with Crippen LogP contribution >= 0.6 is 0 Å². The summed E-state index contributed by atoms with van der Waals surface area (Å²) in [6.45, 7) is 1.75. The third kappa shape index (κ3) is 3.78. The number of nitrogens with one attached hydrogen (secondary N) is 2. The lowest BCUT2D eigenvalue weighted by atomic mass is 10.1. The van der Waals surface area contributed by atoms with Crippen molar-refractivity contribution in [2.75, 3.05) is 10.6 Å². The molecular formula is C21H21N5O2. The van der Waals surface area contributed by atoms with E-state index in [1.807, 2.05) is 18.2 Å². The van der Waals surface area contributed by atoms with Crippen LogP contribution in [0, 0.1) is 0 Å². The third-order valence-corrected chi connectivity index (χ3v) is 4.98. The molecule has 0 bridgehead atoms. The number of carbonyl (C=O) groups is 2. The SMILES string of the molecule is C[C@H](C(=O)Nc1ccc(NC(=O)c2ccc3c(c2)CCC3)cc1)n1cncn1. The monoisotopic (exact) mass is 375 g/mol. The highest BCUT2D eigenvalue weighted by Crippen LogP contribution is 2.23. The molecule has 0 saturated carbocycles. The maximum absolute atomic E-state index is 12.5. The van der Waals surface area contributed by atoms with Gasteiger partial charge in [-0.15, -0.1) is 0 Å². The first kappa shape index (κ1) is 17.9. The van der Waals surface area contributed by atoms with E-state index in [0.29, 0.717) is 16.9 Å². The van der Waals surface area contributed by atoms with Gasteiger partial charge < -0.3 is 10.6 Å². The molecule has 28 heavy (non-hydrogen) atoms. The summed E-state index contributed by atoms with van der Waals surface area (Å²) in [5, 5.41) is 9.70. The molecule has 0 radical (unpaired) electrons. The van der Waals surface area contributed by atoms with Crippen LogP contribution in [0.3, 0.4) is 0 Å². The van der Waals surface area contributed by atoms with E-state index < -0.39 is 6.04 Å². The average molecular weight is 375 g/mol. The van der Waals surface area contributed by atoms with Crippen LogP contribution in [0.25, 0.3) is 0 Å². The van der Waals surface area contributed by atoms with E-state index in [1.54, 1.807) is 31.2 Å². The molecular weight excluding hydrogens is 354 g/mol. The molecule has 0 unspecified atom stereocenters. The topological polar surface area (TPSA) is 88.9 Å². The van der Waals surface area contributed by atoms with Gasteiger partial charge in [-0.3, -0.25) is 9.59 Å². The smallest absolute Gasteiger partial charge is 0.255 e. The van der Waals surface area contributed by atoms with Crippen LogP contribution < -0.4 is 10.6 Å². The number of nitrogens with zero attached hydrogens (tertiary/aromatic N) is 3. The second-order valence-corrected chi connectivity index (χ2v) is 6.91. The zero-order valence-corrected chi connectivity index (χ0v) is 15.6. The van der Waals surface area contributed by atoms with Gasteiger partial charge in [0, 0.05) is 16.9 Å². The summed E-state index contributed by atoms with van der Waals surface area (Å²) < 4.78 is 1.49. The Hall–Kier alpha value is -3.48. The highest BCUT2D eigenvalue weighted by Gasteiger charge is 2.16. The lowest BCUT2D eigenvalue weighted by Gasteiger charge is -2.12. The number of rotatable bonds is 5. The molecule has 1 aliphatic rings. The van der Waals surface area contributed by atoms with E-state index in [2.05, 4.69) is 20.7 Å². The first-order valence-corrected chi connectivity index (χ1v) is 9.28. The van der Waals surface area contributed by atoms with Crippen LogP contribution in [-0.4, -0.2) is 26.6 Å². The Labute approximate surface area is 162 Å². The molecule has 7 nitrogen and oxygen atoms in total. The summed E-state index contributed by atoms with van der Waals surface area (Å²) >= 11 is 0. The van der Waals surface area contributed by atoms with Gasteiger partial charge in [0.05, 0.1) is 0 Å². The number of hydrogen-bond acceptors (Lipinski definition) is 4. The molecule has 1 atom stereocenters. The number of aryl methyl sites for hydroxylation is 2. The number of aromatic nitrogens is 3. The fraction of sp³-hybridized carbons (Fsp3) is 0.238. The molecule has 3 aromatic rings. The molecule has 1 heterocycles. The Bertz CT molecular complexity index is 996. The normalized spacial score (nSPS) is 13.6. The Morgan fingerprint density at radius 2 is 1.71 bits per heavy atom. The molecule has 1 aliphatic carbocycles. The van der Waals surface area contributed by atoms with Crippen LogP contribution in [0.2, 0.25) is 0 Å². The summed E-state index contributed by atoms with van der Waals surface area (Å²) in [4.78, 5) is 28.6. The Balaban J connectivity index is 1.38. The Morgan fingerprint density at radius 1 is 1.00 bits per heavy atom. The Morgan fingerprint density at radius 3 is 2.43 bits per heavy atom. The average Bonchev–Trinajstić information content (AvgIpc) is 3.40. The zero-order valence-electron chi connectivity index (χ0n) is 15.6. The van der Waals surface area contributed by atoms with E-state index in [4.69, 9.17) is 0 Å². The Kier molecular flexibility index (Phi) is 4.89. The predicted octanol–water partition coefficient (Wildman–Crippen LogP) is 3.22. The highest BCUT2D eigenvalue weighted by atomic mass is 16.2. The van der Waals surface area contributed by atoms with Crippen molar-refractivity contribution in [3.05, 3.63) is 71.8 Å². The van der Waals surface area contributed by atoms with Crippen molar-refractivity contribution in [1.29, 1.82) is 0 Å². The van der Waals surface area contributed by atoms with E-state index in [-0.39, 0.29) is 11.8 Å². The third-order valence-electron chi connectivity index (χ3n) is 4.98. The molecule has 4 rings (SSSR count). The van der Waals surface area contributed by atoms with Gasteiger partial charge >= 0.3 is 0 Å². The first-order chi connectivity index (χ1) is 13.6. The second-order valence-electron chi connectivity index (χ2n) is 6.91. The number of amides is 2. The number of benzene rings is 2. The molecule has 0 saturated heterocycles. The number of fused-ring (bicyclic) bond motifs is 1. The quantitative estimate of drug-likeness (QED) is 0.717. The highest BCUT2D eigenvalue weighted by molar-refractivity contribution is 6.04.